The zero-order valence-corrected chi connectivity index (χ0v) is 9.47. The molecule has 1 aliphatic carbocycles. The third kappa shape index (κ3) is 3.24. The lowest BCUT2D eigenvalue weighted by atomic mass is 9.93. The van der Waals surface area contributed by atoms with E-state index in [9.17, 15) is 19.3 Å². The third-order valence-electron chi connectivity index (χ3n) is 2.33. The lowest BCUT2D eigenvalue weighted by Gasteiger charge is -2.18. The summed E-state index contributed by atoms with van der Waals surface area (Å²) in [6.45, 7) is 1.22. The van der Waals surface area contributed by atoms with Crippen LogP contribution in [0.15, 0.2) is 35.6 Å². The topological polar surface area (TPSA) is 69.4 Å². The maximum absolute atomic E-state index is 14.1. The van der Waals surface area contributed by atoms with Gasteiger partial charge in [0.1, 0.15) is 0 Å². The molecule has 0 aliphatic heterocycles. The summed E-state index contributed by atoms with van der Waals surface area (Å²) in [6, 6.07) is 0. The number of esters is 1. The number of allylic oxidation sites excluding steroid dienone is 4. The number of methoxy groups -OCH3 is 1. The first-order valence-corrected chi connectivity index (χ1v) is 4.88. The quantitative estimate of drug-likeness (QED) is 0.430. The molecule has 1 atom stereocenters. The van der Waals surface area contributed by atoms with Crippen molar-refractivity contribution in [1.82, 2.24) is 0 Å². The van der Waals surface area contributed by atoms with Crippen LogP contribution in [0.1, 0.15) is 13.3 Å². The lowest BCUT2D eigenvalue weighted by molar-refractivity contribution is -0.425. The van der Waals surface area contributed by atoms with Crippen LogP contribution in [0.25, 0.3) is 0 Å². The zero-order valence-electron chi connectivity index (χ0n) is 9.47. The molecular formula is C11H12FNO4. The van der Waals surface area contributed by atoms with Gasteiger partial charge in [-0.25, -0.2) is 9.18 Å². The van der Waals surface area contributed by atoms with Crippen molar-refractivity contribution >= 4 is 5.97 Å². The van der Waals surface area contributed by atoms with Gasteiger partial charge in [0, 0.05) is 19.4 Å². The van der Waals surface area contributed by atoms with Gasteiger partial charge in [-0.2, -0.15) is 0 Å². The van der Waals surface area contributed by atoms with E-state index in [4.69, 9.17) is 0 Å². The normalized spacial score (nSPS) is 24.2. The predicted molar refractivity (Wildman–Crippen MR) is 58.4 cm³/mol. The van der Waals surface area contributed by atoms with Gasteiger partial charge in [0.05, 0.1) is 17.6 Å². The fourth-order valence-electron chi connectivity index (χ4n) is 1.41. The Labute approximate surface area is 97.4 Å². The van der Waals surface area contributed by atoms with Crippen molar-refractivity contribution in [3.05, 3.63) is 45.7 Å². The van der Waals surface area contributed by atoms with Crippen LogP contribution >= 0.6 is 0 Å². The first-order valence-electron chi connectivity index (χ1n) is 4.88. The van der Waals surface area contributed by atoms with Crippen LogP contribution < -0.4 is 0 Å². The van der Waals surface area contributed by atoms with Crippen LogP contribution in [0.2, 0.25) is 0 Å². The number of hydrogen-bond acceptors (Lipinski definition) is 4. The minimum atomic E-state index is -1.92. The Morgan fingerprint density at radius 3 is 2.76 bits per heavy atom. The molecule has 0 aromatic rings. The number of nitrogens with zero attached hydrogens (tertiary/aromatic N) is 1. The number of carbonyl (C=O) groups excluding carboxylic acids is 1. The Balaban J connectivity index is 2.85. The minimum absolute atomic E-state index is 0.126. The Bertz CT molecular complexity index is 439. The van der Waals surface area contributed by atoms with Crippen molar-refractivity contribution in [2.75, 3.05) is 7.11 Å². The van der Waals surface area contributed by atoms with Crippen molar-refractivity contribution in [3.63, 3.8) is 0 Å². The second-order valence-electron chi connectivity index (χ2n) is 3.66. The summed E-state index contributed by atoms with van der Waals surface area (Å²) in [4.78, 5) is 20.9. The number of alkyl halides is 1. The molecule has 0 amide bonds. The van der Waals surface area contributed by atoms with Crippen LogP contribution in [-0.4, -0.2) is 23.7 Å². The fraction of sp³-hybridized carbons (Fsp3) is 0.364. The van der Waals surface area contributed by atoms with Crippen molar-refractivity contribution < 1.29 is 18.8 Å². The van der Waals surface area contributed by atoms with Gasteiger partial charge in [0.15, 0.2) is 5.67 Å². The molecule has 0 spiro atoms. The number of halogens is 1. The highest BCUT2D eigenvalue weighted by atomic mass is 19.1. The maximum Gasteiger partial charge on any atom is 0.337 e. The SMILES string of the molecule is COC(=O)C1=CCC(F)(C=C(C)[N+](=O)[O-])C=C1. The zero-order chi connectivity index (χ0) is 13.1. The molecule has 0 heterocycles. The van der Waals surface area contributed by atoms with Gasteiger partial charge >= 0.3 is 5.97 Å². The van der Waals surface area contributed by atoms with E-state index in [0.717, 1.165) is 12.2 Å². The van der Waals surface area contributed by atoms with E-state index in [0.29, 0.717) is 0 Å². The summed E-state index contributed by atoms with van der Waals surface area (Å²) in [5.41, 5.74) is -1.95. The molecule has 1 aliphatic rings. The van der Waals surface area contributed by atoms with Crippen LogP contribution in [0, 0.1) is 10.1 Å². The van der Waals surface area contributed by atoms with E-state index >= 15 is 0 Å². The molecule has 0 fully saturated rings. The van der Waals surface area contributed by atoms with Crippen LogP contribution in [0.4, 0.5) is 4.39 Å². The molecule has 6 heteroatoms. The molecule has 92 valence electrons. The molecule has 17 heavy (non-hydrogen) atoms. The minimum Gasteiger partial charge on any atom is -0.465 e. The first kappa shape index (κ1) is 13.1. The highest BCUT2D eigenvalue weighted by Gasteiger charge is 2.29. The molecule has 0 radical (unpaired) electrons. The van der Waals surface area contributed by atoms with Gasteiger partial charge < -0.3 is 4.74 Å². The average Bonchev–Trinajstić information content (AvgIpc) is 2.28. The second-order valence-corrected chi connectivity index (χ2v) is 3.66. The van der Waals surface area contributed by atoms with E-state index in [2.05, 4.69) is 4.74 Å². The first-order chi connectivity index (χ1) is 7.88. The fourth-order valence-corrected chi connectivity index (χ4v) is 1.41. The smallest absolute Gasteiger partial charge is 0.337 e. The summed E-state index contributed by atoms with van der Waals surface area (Å²) >= 11 is 0. The van der Waals surface area contributed by atoms with Crippen molar-refractivity contribution in [2.24, 2.45) is 0 Å². The predicted octanol–water partition coefficient (Wildman–Crippen LogP) is 1.93. The van der Waals surface area contributed by atoms with Crippen LogP contribution in [0.5, 0.6) is 0 Å². The number of ether oxygens (including phenoxy) is 1. The van der Waals surface area contributed by atoms with Crippen molar-refractivity contribution in [3.8, 4) is 0 Å². The molecule has 1 rings (SSSR count). The number of rotatable bonds is 3. The average molecular weight is 241 g/mol. The molecule has 0 aromatic carbocycles. The molecule has 0 saturated heterocycles. The van der Waals surface area contributed by atoms with Gasteiger partial charge in [-0.1, -0.05) is 6.08 Å². The van der Waals surface area contributed by atoms with Gasteiger partial charge in [-0.3, -0.25) is 10.1 Å². The second kappa shape index (κ2) is 4.90. The van der Waals surface area contributed by atoms with Gasteiger partial charge in [0.2, 0.25) is 5.70 Å². The van der Waals surface area contributed by atoms with E-state index in [-0.39, 0.29) is 17.7 Å². The summed E-state index contributed by atoms with van der Waals surface area (Å²) in [7, 11) is 1.23. The number of hydrogen-bond donors (Lipinski definition) is 0. The third-order valence-corrected chi connectivity index (χ3v) is 2.33. The number of carbonyl (C=O) groups is 1. The summed E-state index contributed by atoms with van der Waals surface area (Å²) < 4.78 is 18.5. The molecular weight excluding hydrogens is 229 g/mol. The molecule has 0 N–H and O–H groups in total. The Hall–Kier alpha value is -1.98. The summed E-state index contributed by atoms with van der Waals surface area (Å²) in [6.07, 6.45) is 4.54. The van der Waals surface area contributed by atoms with Gasteiger partial charge in [-0.05, 0) is 12.2 Å². The standard InChI is InChI=1S/C11H12FNO4/c1-8(13(15)16)7-11(12)5-3-9(4-6-11)10(14)17-2/h3-5,7H,6H2,1-2H3. The van der Waals surface area contributed by atoms with E-state index in [1.54, 1.807) is 0 Å². The van der Waals surface area contributed by atoms with Crippen molar-refractivity contribution in [2.45, 2.75) is 19.0 Å². The maximum atomic E-state index is 14.1. The van der Waals surface area contributed by atoms with Gasteiger partial charge in [0.25, 0.3) is 0 Å². The van der Waals surface area contributed by atoms with Crippen molar-refractivity contribution in [1.29, 1.82) is 0 Å². The molecule has 0 bridgehead atoms. The monoisotopic (exact) mass is 241 g/mol. The summed E-state index contributed by atoms with van der Waals surface area (Å²) in [5, 5.41) is 10.4. The molecule has 0 saturated carbocycles. The van der Waals surface area contributed by atoms with Crippen LogP contribution in [-0.2, 0) is 9.53 Å². The Morgan fingerprint density at radius 1 is 1.71 bits per heavy atom. The molecule has 5 nitrogen and oxygen atoms in total. The lowest BCUT2D eigenvalue weighted by Crippen LogP contribution is -2.21. The van der Waals surface area contributed by atoms with Crippen LogP contribution in [0.3, 0.4) is 0 Å². The molecule has 0 aromatic heterocycles. The van der Waals surface area contributed by atoms with E-state index < -0.39 is 16.6 Å². The Kier molecular flexibility index (Phi) is 3.77. The number of nitro groups is 1. The highest BCUT2D eigenvalue weighted by molar-refractivity contribution is 5.91. The Morgan fingerprint density at radius 2 is 2.35 bits per heavy atom. The summed E-state index contributed by atoms with van der Waals surface area (Å²) in [5.74, 6) is -0.557. The molecule has 1 unspecified atom stereocenters. The van der Waals surface area contributed by atoms with E-state index in [1.165, 1.54) is 26.2 Å². The van der Waals surface area contributed by atoms with E-state index in [1.807, 2.05) is 0 Å². The highest BCUT2D eigenvalue weighted by Crippen LogP contribution is 2.28. The largest absolute Gasteiger partial charge is 0.465 e. The van der Waals surface area contributed by atoms with Gasteiger partial charge in [-0.15, -0.1) is 0 Å².